The van der Waals surface area contributed by atoms with Gasteiger partial charge in [0, 0.05) is 5.54 Å². The van der Waals surface area contributed by atoms with Gasteiger partial charge in [0.25, 0.3) is 0 Å². The van der Waals surface area contributed by atoms with E-state index in [-0.39, 0.29) is 5.54 Å². The Hall–Kier alpha value is -0.300. The lowest BCUT2D eigenvalue weighted by molar-refractivity contribution is 0.255. The summed E-state index contributed by atoms with van der Waals surface area (Å²) in [4.78, 5) is 0. The third-order valence-corrected chi connectivity index (χ3v) is 3.16. The van der Waals surface area contributed by atoms with E-state index in [9.17, 15) is 0 Å². The maximum Gasteiger partial charge on any atom is 0.0415 e. The van der Waals surface area contributed by atoms with Crippen LogP contribution in [0.1, 0.15) is 41.5 Å². The summed E-state index contributed by atoms with van der Waals surface area (Å²) in [6.07, 6.45) is 0. The maximum atomic E-state index is 6.43. The summed E-state index contributed by atoms with van der Waals surface area (Å²) >= 11 is 0. The summed E-state index contributed by atoms with van der Waals surface area (Å²) in [6.45, 7) is 17.2. The van der Waals surface area contributed by atoms with Crippen molar-refractivity contribution in [3.63, 3.8) is 0 Å². The molecule has 0 amide bonds. The van der Waals surface area contributed by atoms with Crippen molar-refractivity contribution in [2.75, 3.05) is 0 Å². The van der Waals surface area contributed by atoms with Crippen LogP contribution >= 0.6 is 0 Å². The molecule has 0 aliphatic carbocycles. The van der Waals surface area contributed by atoms with Crippen LogP contribution < -0.4 is 5.73 Å². The Morgan fingerprint density at radius 1 is 1.00 bits per heavy atom. The largest absolute Gasteiger partial charge is 0.321 e. The van der Waals surface area contributed by atoms with Crippen molar-refractivity contribution >= 4 is 0 Å². The third kappa shape index (κ3) is 2.34. The SMILES string of the molecule is C=C(C(C)C)C(N)(C(C)C)C(C)C. The van der Waals surface area contributed by atoms with Gasteiger partial charge >= 0.3 is 0 Å². The van der Waals surface area contributed by atoms with Gasteiger partial charge in [0.05, 0.1) is 0 Å². The molecule has 0 unspecified atom stereocenters. The van der Waals surface area contributed by atoms with E-state index < -0.39 is 0 Å². The standard InChI is InChI=1S/C12H25N/c1-8(2)11(7)12(13,9(3)4)10(5)6/h8-10H,7,13H2,1-6H3. The fourth-order valence-electron chi connectivity index (χ4n) is 1.91. The van der Waals surface area contributed by atoms with Crippen LogP contribution in [0.25, 0.3) is 0 Å². The van der Waals surface area contributed by atoms with Crippen molar-refractivity contribution in [2.45, 2.75) is 47.1 Å². The Kier molecular flexibility index (Phi) is 4.18. The van der Waals surface area contributed by atoms with Gasteiger partial charge in [-0.25, -0.2) is 0 Å². The molecule has 1 heteroatoms. The Morgan fingerprint density at radius 2 is 1.31 bits per heavy atom. The van der Waals surface area contributed by atoms with Crippen molar-refractivity contribution < 1.29 is 0 Å². The zero-order valence-corrected chi connectivity index (χ0v) is 10.0. The summed E-state index contributed by atoms with van der Waals surface area (Å²) in [5.41, 5.74) is 7.39. The third-order valence-electron chi connectivity index (χ3n) is 3.16. The second-order valence-electron chi connectivity index (χ2n) is 4.92. The summed E-state index contributed by atoms with van der Waals surface area (Å²) in [5, 5.41) is 0. The average Bonchev–Trinajstić information content (AvgIpc) is 2.00. The first kappa shape index (κ1) is 12.7. The first-order chi connectivity index (χ1) is 5.74. The monoisotopic (exact) mass is 183 g/mol. The summed E-state index contributed by atoms with van der Waals surface area (Å²) in [7, 11) is 0. The fraction of sp³-hybridized carbons (Fsp3) is 0.833. The first-order valence-electron chi connectivity index (χ1n) is 5.22. The predicted octanol–water partition coefficient (Wildman–Crippen LogP) is 3.21. The molecule has 0 aromatic carbocycles. The molecule has 0 heterocycles. The van der Waals surface area contributed by atoms with Gasteiger partial charge < -0.3 is 5.73 Å². The van der Waals surface area contributed by atoms with Gasteiger partial charge in [-0.1, -0.05) is 53.7 Å². The molecule has 0 radical (unpaired) electrons. The minimum Gasteiger partial charge on any atom is -0.321 e. The van der Waals surface area contributed by atoms with Crippen LogP contribution in [-0.2, 0) is 0 Å². The smallest absolute Gasteiger partial charge is 0.0415 e. The maximum absolute atomic E-state index is 6.43. The van der Waals surface area contributed by atoms with Crippen LogP contribution in [0.2, 0.25) is 0 Å². The number of hydrogen-bond acceptors (Lipinski definition) is 1. The molecular weight excluding hydrogens is 158 g/mol. The second kappa shape index (κ2) is 4.28. The average molecular weight is 183 g/mol. The molecule has 0 atom stereocenters. The molecule has 0 rings (SSSR count). The van der Waals surface area contributed by atoms with E-state index in [4.69, 9.17) is 5.73 Å². The highest BCUT2D eigenvalue weighted by atomic mass is 14.8. The Morgan fingerprint density at radius 3 is 1.38 bits per heavy atom. The summed E-state index contributed by atoms with van der Waals surface area (Å²) in [5.74, 6) is 1.36. The summed E-state index contributed by atoms with van der Waals surface area (Å²) < 4.78 is 0. The van der Waals surface area contributed by atoms with Gasteiger partial charge in [-0.15, -0.1) is 0 Å². The number of hydrogen-bond donors (Lipinski definition) is 1. The molecular formula is C12H25N. The Bertz CT molecular complexity index is 170. The van der Waals surface area contributed by atoms with E-state index in [1.165, 1.54) is 5.57 Å². The molecule has 0 saturated heterocycles. The van der Waals surface area contributed by atoms with Crippen LogP contribution in [-0.4, -0.2) is 5.54 Å². The van der Waals surface area contributed by atoms with Crippen molar-refractivity contribution in [3.05, 3.63) is 12.2 Å². The minimum atomic E-state index is -0.214. The molecule has 0 aliphatic heterocycles. The number of nitrogens with two attached hydrogens (primary N) is 1. The molecule has 78 valence electrons. The van der Waals surface area contributed by atoms with Gasteiger partial charge in [-0.05, 0) is 17.8 Å². The Labute approximate surface area is 83.4 Å². The molecule has 0 aliphatic rings. The van der Waals surface area contributed by atoms with Crippen molar-refractivity contribution in [1.82, 2.24) is 0 Å². The van der Waals surface area contributed by atoms with Gasteiger partial charge in [-0.3, -0.25) is 0 Å². The van der Waals surface area contributed by atoms with Crippen molar-refractivity contribution in [1.29, 1.82) is 0 Å². The molecule has 2 N–H and O–H groups in total. The highest BCUT2D eigenvalue weighted by Crippen LogP contribution is 2.33. The topological polar surface area (TPSA) is 26.0 Å². The lowest BCUT2D eigenvalue weighted by Crippen LogP contribution is -2.52. The van der Waals surface area contributed by atoms with E-state index in [0.29, 0.717) is 17.8 Å². The van der Waals surface area contributed by atoms with E-state index in [1.54, 1.807) is 0 Å². The van der Waals surface area contributed by atoms with Crippen molar-refractivity contribution in [3.8, 4) is 0 Å². The normalized spacial score (nSPS) is 13.1. The Balaban J connectivity index is 4.91. The molecule has 0 saturated carbocycles. The van der Waals surface area contributed by atoms with Gasteiger partial charge in [0.2, 0.25) is 0 Å². The lowest BCUT2D eigenvalue weighted by atomic mass is 9.70. The minimum absolute atomic E-state index is 0.214. The van der Waals surface area contributed by atoms with E-state index in [1.807, 2.05) is 0 Å². The zero-order chi connectivity index (χ0) is 10.8. The highest BCUT2D eigenvalue weighted by molar-refractivity contribution is 5.20. The zero-order valence-electron chi connectivity index (χ0n) is 10.0. The molecule has 0 bridgehead atoms. The lowest BCUT2D eigenvalue weighted by Gasteiger charge is -2.41. The van der Waals surface area contributed by atoms with Crippen LogP contribution in [0.15, 0.2) is 12.2 Å². The molecule has 13 heavy (non-hydrogen) atoms. The van der Waals surface area contributed by atoms with E-state index in [0.717, 1.165) is 0 Å². The highest BCUT2D eigenvalue weighted by Gasteiger charge is 2.36. The molecule has 0 spiro atoms. The van der Waals surface area contributed by atoms with Crippen LogP contribution in [0.5, 0.6) is 0 Å². The fourth-order valence-corrected chi connectivity index (χ4v) is 1.91. The first-order valence-corrected chi connectivity index (χ1v) is 5.22. The van der Waals surface area contributed by atoms with Crippen LogP contribution in [0.3, 0.4) is 0 Å². The van der Waals surface area contributed by atoms with Gasteiger partial charge in [0.1, 0.15) is 0 Å². The predicted molar refractivity (Wildman–Crippen MR) is 60.6 cm³/mol. The van der Waals surface area contributed by atoms with E-state index in [2.05, 4.69) is 48.1 Å². The molecule has 0 aromatic rings. The van der Waals surface area contributed by atoms with Gasteiger partial charge in [0.15, 0.2) is 0 Å². The van der Waals surface area contributed by atoms with Gasteiger partial charge in [-0.2, -0.15) is 0 Å². The van der Waals surface area contributed by atoms with E-state index >= 15 is 0 Å². The summed E-state index contributed by atoms with van der Waals surface area (Å²) in [6, 6.07) is 0. The molecule has 0 fully saturated rings. The molecule has 0 aromatic heterocycles. The number of rotatable bonds is 4. The quantitative estimate of drug-likeness (QED) is 0.665. The van der Waals surface area contributed by atoms with Crippen molar-refractivity contribution in [2.24, 2.45) is 23.5 Å². The van der Waals surface area contributed by atoms with Crippen LogP contribution in [0, 0.1) is 17.8 Å². The molecule has 1 nitrogen and oxygen atoms in total. The van der Waals surface area contributed by atoms with Crippen LogP contribution in [0.4, 0.5) is 0 Å². The second-order valence-corrected chi connectivity index (χ2v) is 4.92.